The predicted octanol–water partition coefficient (Wildman–Crippen LogP) is 1.08. The summed E-state index contributed by atoms with van der Waals surface area (Å²) in [6.45, 7) is 1.42. The smallest absolute Gasteiger partial charge is 0.215 e. The average molecular weight is 329 g/mol. The molecule has 21 heavy (non-hydrogen) atoms. The fourth-order valence-corrected chi connectivity index (χ4v) is 3.17. The van der Waals surface area contributed by atoms with E-state index in [1.54, 1.807) is 24.3 Å². The van der Waals surface area contributed by atoms with E-state index >= 15 is 0 Å². The largest absolute Gasteiger partial charge is 0.389 e. The van der Waals surface area contributed by atoms with Crippen LogP contribution in [-0.4, -0.2) is 45.5 Å². The van der Waals surface area contributed by atoms with Gasteiger partial charge in [-0.25, -0.2) is 13.1 Å². The molecule has 0 fully saturated rings. The molecule has 118 valence electrons. The van der Waals surface area contributed by atoms with E-state index in [4.69, 9.17) is 18.0 Å². The summed E-state index contributed by atoms with van der Waals surface area (Å²) >= 11 is 4.89. The second-order valence-corrected chi connectivity index (χ2v) is 7.48. The molecule has 0 aliphatic carbocycles. The summed E-state index contributed by atoms with van der Waals surface area (Å²) in [5.41, 5.74) is 6.91. The monoisotopic (exact) mass is 329 g/mol. The highest BCUT2D eigenvalue weighted by Gasteiger charge is 2.11. The van der Waals surface area contributed by atoms with Crippen LogP contribution >= 0.6 is 12.2 Å². The highest BCUT2D eigenvalue weighted by molar-refractivity contribution is 7.88. The molecular formula is C14H23N3O2S2. The molecule has 0 atom stereocenters. The molecule has 7 heteroatoms. The van der Waals surface area contributed by atoms with Crippen molar-refractivity contribution in [3.8, 4) is 0 Å². The van der Waals surface area contributed by atoms with Gasteiger partial charge in [0.1, 0.15) is 4.99 Å². The fourth-order valence-electron chi connectivity index (χ4n) is 1.87. The number of nitrogens with one attached hydrogen (secondary N) is 1. The zero-order valence-corrected chi connectivity index (χ0v) is 14.1. The Morgan fingerprint density at radius 1 is 1.33 bits per heavy atom. The minimum absolute atomic E-state index is 0.0584. The molecule has 0 unspecified atom stereocenters. The Morgan fingerprint density at radius 3 is 2.67 bits per heavy atom. The van der Waals surface area contributed by atoms with E-state index in [0.29, 0.717) is 17.7 Å². The van der Waals surface area contributed by atoms with E-state index < -0.39 is 10.0 Å². The van der Waals surface area contributed by atoms with Gasteiger partial charge in [-0.15, -0.1) is 0 Å². The molecule has 0 aromatic heterocycles. The Hall–Kier alpha value is -1.02. The molecule has 0 heterocycles. The normalized spacial score (nSPS) is 11.8. The number of unbranched alkanes of at least 4 members (excludes halogenated alkanes) is 1. The first kappa shape index (κ1) is 18.0. The highest BCUT2D eigenvalue weighted by Crippen LogP contribution is 2.09. The van der Waals surface area contributed by atoms with Crippen LogP contribution in [0.2, 0.25) is 0 Å². The average Bonchev–Trinajstić information content (AvgIpc) is 2.37. The Kier molecular flexibility index (Phi) is 7.24. The molecule has 0 radical (unpaired) electrons. The topological polar surface area (TPSA) is 75.4 Å². The van der Waals surface area contributed by atoms with E-state index in [1.165, 1.54) is 0 Å². The molecule has 5 nitrogen and oxygen atoms in total. The number of nitrogens with two attached hydrogens (primary N) is 1. The number of hydrogen-bond donors (Lipinski definition) is 2. The molecule has 1 rings (SSSR count). The first-order chi connectivity index (χ1) is 9.80. The van der Waals surface area contributed by atoms with Crippen molar-refractivity contribution < 1.29 is 8.42 Å². The molecule has 3 N–H and O–H groups in total. The molecule has 1 aromatic carbocycles. The van der Waals surface area contributed by atoms with Crippen LogP contribution in [0.5, 0.6) is 0 Å². The second kappa shape index (κ2) is 8.43. The van der Waals surface area contributed by atoms with Crippen LogP contribution in [0.1, 0.15) is 24.0 Å². The summed E-state index contributed by atoms with van der Waals surface area (Å²) in [6.07, 6.45) is 1.79. The molecular weight excluding hydrogens is 306 g/mol. The SMILES string of the molecule is CN(C)CCCCNS(=O)(=O)Cc1cccc(C(N)=S)c1. The van der Waals surface area contributed by atoms with Crippen LogP contribution in [0.15, 0.2) is 24.3 Å². The summed E-state index contributed by atoms with van der Waals surface area (Å²) in [6, 6.07) is 7.00. The summed E-state index contributed by atoms with van der Waals surface area (Å²) in [7, 11) is 0.673. The van der Waals surface area contributed by atoms with Crippen LogP contribution in [0.3, 0.4) is 0 Å². The molecule has 0 saturated carbocycles. The number of hydrogen-bond acceptors (Lipinski definition) is 4. The minimum atomic E-state index is -3.33. The third kappa shape index (κ3) is 7.52. The zero-order valence-electron chi connectivity index (χ0n) is 12.5. The summed E-state index contributed by atoms with van der Waals surface area (Å²) in [4.78, 5) is 2.35. The maximum atomic E-state index is 12.0. The van der Waals surface area contributed by atoms with Crippen molar-refractivity contribution in [2.24, 2.45) is 5.73 Å². The third-order valence-corrected chi connectivity index (χ3v) is 4.52. The van der Waals surface area contributed by atoms with Crippen molar-refractivity contribution in [2.45, 2.75) is 18.6 Å². The molecule has 0 saturated heterocycles. The summed E-state index contributed by atoms with van der Waals surface area (Å²) < 4.78 is 26.6. The molecule has 0 amide bonds. The van der Waals surface area contributed by atoms with Gasteiger partial charge in [-0.05, 0) is 45.1 Å². The first-order valence-corrected chi connectivity index (χ1v) is 8.87. The lowest BCUT2D eigenvalue weighted by Crippen LogP contribution is -2.27. The van der Waals surface area contributed by atoms with Gasteiger partial charge in [-0.1, -0.05) is 30.4 Å². The lowest BCUT2D eigenvalue weighted by Gasteiger charge is -2.10. The van der Waals surface area contributed by atoms with Gasteiger partial charge in [0.15, 0.2) is 0 Å². The zero-order chi connectivity index (χ0) is 15.9. The van der Waals surface area contributed by atoms with Gasteiger partial charge in [0.2, 0.25) is 10.0 Å². The van der Waals surface area contributed by atoms with Crippen molar-refractivity contribution in [3.05, 3.63) is 35.4 Å². The Bertz CT molecular complexity index is 571. The van der Waals surface area contributed by atoms with E-state index in [1.807, 2.05) is 14.1 Å². The van der Waals surface area contributed by atoms with E-state index in [0.717, 1.165) is 19.4 Å². The number of thiocarbonyl (C=S) groups is 1. The lowest BCUT2D eigenvalue weighted by atomic mass is 10.1. The summed E-state index contributed by atoms with van der Waals surface area (Å²) in [5, 5.41) is 0. The van der Waals surface area contributed by atoms with Gasteiger partial charge in [0.05, 0.1) is 5.75 Å². The molecule has 1 aromatic rings. The van der Waals surface area contributed by atoms with Gasteiger partial charge >= 0.3 is 0 Å². The number of nitrogens with zero attached hydrogens (tertiary/aromatic N) is 1. The van der Waals surface area contributed by atoms with Gasteiger partial charge in [0, 0.05) is 12.1 Å². The van der Waals surface area contributed by atoms with Crippen LogP contribution in [0.25, 0.3) is 0 Å². The highest BCUT2D eigenvalue weighted by atomic mass is 32.2. The number of benzene rings is 1. The van der Waals surface area contributed by atoms with Crippen LogP contribution in [0.4, 0.5) is 0 Å². The minimum Gasteiger partial charge on any atom is -0.389 e. The molecule has 0 spiro atoms. The maximum absolute atomic E-state index is 12.0. The molecule has 0 aliphatic rings. The van der Waals surface area contributed by atoms with E-state index in [9.17, 15) is 8.42 Å². The Balaban J connectivity index is 2.49. The van der Waals surface area contributed by atoms with Crippen LogP contribution in [0, 0.1) is 0 Å². The van der Waals surface area contributed by atoms with E-state index in [-0.39, 0.29) is 10.7 Å². The summed E-state index contributed by atoms with van der Waals surface area (Å²) in [5.74, 6) is -0.0584. The lowest BCUT2D eigenvalue weighted by molar-refractivity contribution is 0.394. The third-order valence-electron chi connectivity index (χ3n) is 2.92. The quantitative estimate of drug-likeness (QED) is 0.524. The molecule has 0 bridgehead atoms. The van der Waals surface area contributed by atoms with Gasteiger partial charge in [-0.2, -0.15) is 0 Å². The van der Waals surface area contributed by atoms with Crippen LogP contribution in [-0.2, 0) is 15.8 Å². The van der Waals surface area contributed by atoms with Gasteiger partial charge in [0.25, 0.3) is 0 Å². The maximum Gasteiger partial charge on any atom is 0.215 e. The molecule has 0 aliphatic heterocycles. The van der Waals surface area contributed by atoms with Gasteiger partial charge < -0.3 is 10.6 Å². The number of sulfonamides is 1. The van der Waals surface area contributed by atoms with Gasteiger partial charge in [-0.3, -0.25) is 0 Å². The number of rotatable bonds is 9. The van der Waals surface area contributed by atoms with E-state index in [2.05, 4.69) is 9.62 Å². The fraction of sp³-hybridized carbons (Fsp3) is 0.500. The van der Waals surface area contributed by atoms with Crippen LogP contribution < -0.4 is 10.5 Å². The Morgan fingerprint density at radius 2 is 2.05 bits per heavy atom. The van der Waals surface area contributed by atoms with Crippen molar-refractivity contribution >= 4 is 27.2 Å². The van der Waals surface area contributed by atoms with Crippen molar-refractivity contribution in [2.75, 3.05) is 27.2 Å². The second-order valence-electron chi connectivity index (χ2n) is 5.23. The predicted molar refractivity (Wildman–Crippen MR) is 90.7 cm³/mol. The first-order valence-electron chi connectivity index (χ1n) is 6.81. The van der Waals surface area contributed by atoms with Crippen molar-refractivity contribution in [3.63, 3.8) is 0 Å². The standard InChI is InChI=1S/C14H23N3O2S2/c1-17(2)9-4-3-8-16-21(18,19)11-12-6-5-7-13(10-12)14(15)20/h5-7,10,16H,3-4,8-9,11H2,1-2H3,(H2,15,20). The van der Waals surface area contributed by atoms with Crippen molar-refractivity contribution in [1.82, 2.24) is 9.62 Å². The van der Waals surface area contributed by atoms with Crippen molar-refractivity contribution in [1.29, 1.82) is 0 Å². The Labute approximate surface area is 132 Å².